The summed E-state index contributed by atoms with van der Waals surface area (Å²) in [7, 11) is 0. The number of hydrogen-bond acceptors (Lipinski definition) is 3. The summed E-state index contributed by atoms with van der Waals surface area (Å²) in [6.07, 6.45) is 0. The maximum absolute atomic E-state index is 12.0. The first-order valence-electron chi connectivity index (χ1n) is 6.17. The number of amides is 2. The van der Waals surface area contributed by atoms with Gasteiger partial charge in [0.25, 0.3) is 0 Å². The Morgan fingerprint density at radius 3 is 2.59 bits per heavy atom. The molecule has 1 rings (SSSR count). The topological polar surface area (TPSA) is 58.6 Å². The lowest BCUT2D eigenvalue weighted by molar-refractivity contribution is -0.151. The van der Waals surface area contributed by atoms with Crippen molar-refractivity contribution in [1.29, 1.82) is 0 Å². The third kappa shape index (κ3) is 3.19. The summed E-state index contributed by atoms with van der Waals surface area (Å²) in [6.45, 7) is 9.09. The van der Waals surface area contributed by atoms with Gasteiger partial charge in [-0.2, -0.15) is 0 Å². The lowest BCUT2D eigenvalue weighted by atomic mass is 9.97. The first-order valence-corrected chi connectivity index (χ1v) is 6.17. The maximum Gasteiger partial charge on any atom is 0.245 e. The van der Waals surface area contributed by atoms with Crippen molar-refractivity contribution in [3.63, 3.8) is 0 Å². The lowest BCUT2D eigenvalue weighted by Gasteiger charge is -2.39. The molecule has 1 saturated heterocycles. The third-order valence-electron chi connectivity index (χ3n) is 2.93. The van der Waals surface area contributed by atoms with Gasteiger partial charge in [-0.05, 0) is 19.8 Å². The number of ether oxygens (including phenoxy) is 1. The Labute approximate surface area is 102 Å². The second kappa shape index (κ2) is 6.00. The zero-order valence-corrected chi connectivity index (χ0v) is 11.0. The van der Waals surface area contributed by atoms with Crippen LogP contribution in [0.5, 0.6) is 0 Å². The van der Waals surface area contributed by atoms with Gasteiger partial charge in [0, 0.05) is 13.2 Å². The van der Waals surface area contributed by atoms with E-state index in [9.17, 15) is 9.59 Å². The van der Waals surface area contributed by atoms with E-state index >= 15 is 0 Å². The van der Waals surface area contributed by atoms with E-state index < -0.39 is 6.04 Å². The zero-order valence-electron chi connectivity index (χ0n) is 11.0. The highest BCUT2D eigenvalue weighted by Crippen LogP contribution is 2.17. The predicted octanol–water partition coefficient (Wildman–Crippen LogP) is 0.394. The molecule has 0 aliphatic carbocycles. The third-order valence-corrected chi connectivity index (χ3v) is 2.93. The van der Waals surface area contributed by atoms with Crippen LogP contribution in [0.1, 0.15) is 27.7 Å². The number of nitrogens with one attached hydrogen (secondary N) is 1. The highest BCUT2D eigenvalue weighted by molar-refractivity contribution is 5.96. The van der Waals surface area contributed by atoms with Crippen LogP contribution in [0.15, 0.2) is 0 Å². The highest BCUT2D eigenvalue weighted by Gasteiger charge is 2.39. The molecule has 2 amide bonds. The van der Waals surface area contributed by atoms with Gasteiger partial charge < -0.3 is 15.0 Å². The SMILES string of the molecule is CCOCCN1C(=O)C(C)NC(=O)C1C(C)C. The molecule has 0 aromatic rings. The summed E-state index contributed by atoms with van der Waals surface area (Å²) in [6, 6.07) is -0.807. The molecular formula is C12H22N2O3. The summed E-state index contributed by atoms with van der Waals surface area (Å²) in [5.74, 6) is 0.0136. The molecule has 2 atom stereocenters. The van der Waals surface area contributed by atoms with Crippen molar-refractivity contribution in [3.8, 4) is 0 Å². The van der Waals surface area contributed by atoms with Crippen LogP contribution in [0.2, 0.25) is 0 Å². The van der Waals surface area contributed by atoms with Crippen LogP contribution in [0.3, 0.4) is 0 Å². The van der Waals surface area contributed by atoms with E-state index in [2.05, 4.69) is 5.32 Å². The monoisotopic (exact) mass is 242 g/mol. The summed E-state index contributed by atoms with van der Waals surface area (Å²) < 4.78 is 5.26. The Bertz CT molecular complexity index is 291. The molecule has 0 aromatic carbocycles. The second-order valence-corrected chi connectivity index (χ2v) is 4.65. The minimum absolute atomic E-state index is 0.0250. The average molecular weight is 242 g/mol. The Morgan fingerprint density at radius 2 is 2.06 bits per heavy atom. The molecule has 2 unspecified atom stereocenters. The molecule has 0 bridgehead atoms. The molecule has 1 N–H and O–H groups in total. The predicted molar refractivity (Wildman–Crippen MR) is 64.4 cm³/mol. The van der Waals surface area contributed by atoms with Crippen LogP contribution in [0, 0.1) is 5.92 Å². The van der Waals surface area contributed by atoms with E-state index in [1.54, 1.807) is 11.8 Å². The Hall–Kier alpha value is -1.10. The molecule has 5 nitrogen and oxygen atoms in total. The first-order chi connectivity index (χ1) is 7.99. The maximum atomic E-state index is 12.0. The molecule has 17 heavy (non-hydrogen) atoms. The van der Waals surface area contributed by atoms with Crippen molar-refractivity contribution in [1.82, 2.24) is 10.2 Å². The number of nitrogens with zero attached hydrogens (tertiary/aromatic N) is 1. The summed E-state index contributed by atoms with van der Waals surface area (Å²) >= 11 is 0. The number of piperazine rings is 1. The molecule has 0 aromatic heterocycles. The van der Waals surface area contributed by atoms with Crippen molar-refractivity contribution in [3.05, 3.63) is 0 Å². The molecule has 1 aliphatic rings. The minimum atomic E-state index is -0.431. The van der Waals surface area contributed by atoms with E-state index in [-0.39, 0.29) is 23.8 Å². The molecule has 0 spiro atoms. The van der Waals surface area contributed by atoms with Gasteiger partial charge >= 0.3 is 0 Å². The fraction of sp³-hybridized carbons (Fsp3) is 0.833. The van der Waals surface area contributed by atoms with Gasteiger partial charge in [-0.1, -0.05) is 13.8 Å². The van der Waals surface area contributed by atoms with Crippen LogP contribution in [0.25, 0.3) is 0 Å². The quantitative estimate of drug-likeness (QED) is 0.710. The largest absolute Gasteiger partial charge is 0.380 e. The normalized spacial score (nSPS) is 25.4. The van der Waals surface area contributed by atoms with Crippen LogP contribution < -0.4 is 5.32 Å². The molecule has 1 aliphatic heterocycles. The molecule has 98 valence electrons. The van der Waals surface area contributed by atoms with Gasteiger partial charge in [-0.3, -0.25) is 9.59 Å². The average Bonchev–Trinajstić information content (AvgIpc) is 2.24. The van der Waals surface area contributed by atoms with Gasteiger partial charge in [0.1, 0.15) is 12.1 Å². The molecule has 0 saturated carbocycles. The van der Waals surface area contributed by atoms with Gasteiger partial charge in [0.05, 0.1) is 6.61 Å². The Balaban J connectivity index is 2.75. The first kappa shape index (κ1) is 14.0. The van der Waals surface area contributed by atoms with Gasteiger partial charge in [-0.15, -0.1) is 0 Å². The fourth-order valence-corrected chi connectivity index (χ4v) is 2.11. The standard InChI is InChI=1S/C12H22N2O3/c1-5-17-7-6-14-10(8(2)3)11(15)13-9(4)12(14)16/h8-10H,5-7H2,1-4H3,(H,13,15). The van der Waals surface area contributed by atoms with Crippen molar-refractivity contribution < 1.29 is 14.3 Å². The van der Waals surface area contributed by atoms with E-state index in [0.29, 0.717) is 19.8 Å². The van der Waals surface area contributed by atoms with Gasteiger partial charge in [-0.25, -0.2) is 0 Å². The molecule has 1 fully saturated rings. The zero-order chi connectivity index (χ0) is 13.0. The Morgan fingerprint density at radius 1 is 1.41 bits per heavy atom. The summed E-state index contributed by atoms with van der Waals surface area (Å²) in [5, 5.41) is 2.71. The van der Waals surface area contributed by atoms with Crippen LogP contribution >= 0.6 is 0 Å². The van der Waals surface area contributed by atoms with Gasteiger partial charge in [0.2, 0.25) is 11.8 Å². The number of hydrogen-bond donors (Lipinski definition) is 1. The Kier molecular flexibility index (Phi) is 4.93. The molecule has 0 radical (unpaired) electrons. The van der Waals surface area contributed by atoms with Crippen LogP contribution in [-0.4, -0.2) is 48.6 Å². The summed E-state index contributed by atoms with van der Waals surface area (Å²) in [5.41, 5.74) is 0. The van der Waals surface area contributed by atoms with E-state index in [0.717, 1.165) is 0 Å². The van der Waals surface area contributed by atoms with Crippen LogP contribution in [-0.2, 0) is 14.3 Å². The van der Waals surface area contributed by atoms with Crippen LogP contribution in [0.4, 0.5) is 0 Å². The number of carbonyl (C=O) groups is 2. The van der Waals surface area contributed by atoms with E-state index in [4.69, 9.17) is 4.74 Å². The number of carbonyl (C=O) groups excluding carboxylic acids is 2. The fourth-order valence-electron chi connectivity index (χ4n) is 2.11. The molecular weight excluding hydrogens is 220 g/mol. The van der Waals surface area contributed by atoms with E-state index in [1.807, 2.05) is 20.8 Å². The van der Waals surface area contributed by atoms with Crippen molar-refractivity contribution in [2.45, 2.75) is 39.8 Å². The van der Waals surface area contributed by atoms with E-state index in [1.165, 1.54) is 0 Å². The highest BCUT2D eigenvalue weighted by atomic mass is 16.5. The minimum Gasteiger partial charge on any atom is -0.380 e. The number of rotatable bonds is 5. The van der Waals surface area contributed by atoms with Crippen molar-refractivity contribution >= 4 is 11.8 Å². The van der Waals surface area contributed by atoms with Crippen molar-refractivity contribution in [2.75, 3.05) is 19.8 Å². The van der Waals surface area contributed by atoms with Gasteiger partial charge in [0.15, 0.2) is 0 Å². The second-order valence-electron chi connectivity index (χ2n) is 4.65. The smallest absolute Gasteiger partial charge is 0.245 e. The molecule has 5 heteroatoms. The lowest BCUT2D eigenvalue weighted by Crippen LogP contribution is -2.64. The van der Waals surface area contributed by atoms with Crippen molar-refractivity contribution in [2.24, 2.45) is 5.92 Å². The molecule has 1 heterocycles. The summed E-state index contributed by atoms with van der Waals surface area (Å²) in [4.78, 5) is 25.6.